The number of pyridine rings is 1. The summed E-state index contributed by atoms with van der Waals surface area (Å²) in [7, 11) is 0. The van der Waals surface area contributed by atoms with E-state index in [0.717, 1.165) is 11.1 Å². The average molecular weight is 400 g/mol. The Hall–Kier alpha value is -3.73. The third-order valence-corrected chi connectivity index (χ3v) is 4.42. The second-order valence-electron chi connectivity index (χ2n) is 7.08. The number of carbonyl (C=O) groups excluding carboxylic acids is 2. The maximum Gasteiger partial charge on any atom is 0.259 e. The largest absolute Gasteiger partial charge is 0.487 e. The van der Waals surface area contributed by atoms with Gasteiger partial charge in [0.15, 0.2) is 5.78 Å². The molecule has 152 valence electrons. The zero-order valence-corrected chi connectivity index (χ0v) is 17.0. The van der Waals surface area contributed by atoms with E-state index in [1.54, 1.807) is 56.6 Å². The summed E-state index contributed by atoms with van der Waals surface area (Å²) in [5, 5.41) is 2.83. The number of hydrogen-bond donors (Lipinski definition) is 1. The molecule has 0 radical (unpaired) electrons. The summed E-state index contributed by atoms with van der Waals surface area (Å²) >= 11 is 0. The van der Waals surface area contributed by atoms with Gasteiger partial charge in [0, 0.05) is 18.3 Å². The van der Waals surface area contributed by atoms with Gasteiger partial charge in [-0.1, -0.05) is 56.3 Å². The monoisotopic (exact) mass is 400 g/mol. The molecular weight excluding hydrogens is 376 g/mol. The summed E-state index contributed by atoms with van der Waals surface area (Å²) in [5.41, 5.74) is 2.36. The number of anilines is 1. The molecule has 1 aromatic heterocycles. The lowest BCUT2D eigenvalue weighted by atomic mass is 9.98. The predicted molar refractivity (Wildman–Crippen MR) is 118 cm³/mol. The molecule has 0 saturated heterocycles. The van der Waals surface area contributed by atoms with Crippen LogP contribution in [0.15, 0.2) is 84.7 Å². The fourth-order valence-corrected chi connectivity index (χ4v) is 2.81. The summed E-state index contributed by atoms with van der Waals surface area (Å²) < 4.78 is 5.90. The maximum atomic E-state index is 13.0. The van der Waals surface area contributed by atoms with Gasteiger partial charge >= 0.3 is 0 Å². The number of para-hydroxylation sites is 2. The Labute approximate surface area is 176 Å². The highest BCUT2D eigenvalue weighted by atomic mass is 16.5. The molecule has 30 heavy (non-hydrogen) atoms. The molecule has 0 aliphatic heterocycles. The number of aromatic nitrogens is 1. The van der Waals surface area contributed by atoms with Crippen LogP contribution in [0.1, 0.15) is 25.0 Å². The molecule has 0 spiro atoms. The van der Waals surface area contributed by atoms with Gasteiger partial charge in [-0.05, 0) is 41.5 Å². The zero-order valence-electron chi connectivity index (χ0n) is 17.0. The summed E-state index contributed by atoms with van der Waals surface area (Å²) in [4.78, 5) is 29.7. The van der Waals surface area contributed by atoms with Crippen LogP contribution in [0.5, 0.6) is 5.75 Å². The number of nitrogens with zero attached hydrogens (tertiary/aromatic N) is 1. The van der Waals surface area contributed by atoms with Crippen LogP contribution in [0.2, 0.25) is 0 Å². The lowest BCUT2D eigenvalue weighted by molar-refractivity contribution is -0.121. The van der Waals surface area contributed by atoms with Crippen molar-refractivity contribution in [2.24, 2.45) is 5.92 Å². The van der Waals surface area contributed by atoms with E-state index in [0.29, 0.717) is 18.0 Å². The summed E-state index contributed by atoms with van der Waals surface area (Å²) in [6, 6.07) is 20.5. The number of ketones is 1. The molecule has 0 aliphatic carbocycles. The number of carbonyl (C=O) groups is 2. The van der Waals surface area contributed by atoms with Gasteiger partial charge in [0.25, 0.3) is 5.91 Å². The number of Topliss-reactive ketones (excluding diaryl/α,β-unsaturated/α-hetero) is 1. The van der Waals surface area contributed by atoms with Crippen molar-refractivity contribution in [1.29, 1.82) is 0 Å². The van der Waals surface area contributed by atoms with Gasteiger partial charge in [-0.2, -0.15) is 0 Å². The Bertz CT molecular complexity index is 1030. The van der Waals surface area contributed by atoms with Crippen molar-refractivity contribution in [3.8, 4) is 5.75 Å². The quantitative estimate of drug-likeness (QED) is 0.331. The highest BCUT2D eigenvalue weighted by Gasteiger charge is 2.22. The number of nitrogens with one attached hydrogen (secondary N) is 1. The van der Waals surface area contributed by atoms with Crippen molar-refractivity contribution >= 4 is 23.5 Å². The van der Waals surface area contributed by atoms with Crippen LogP contribution in [-0.2, 0) is 16.2 Å². The molecule has 0 atom stereocenters. The number of hydrogen-bond acceptors (Lipinski definition) is 4. The van der Waals surface area contributed by atoms with E-state index in [2.05, 4.69) is 10.3 Å². The smallest absolute Gasteiger partial charge is 0.259 e. The molecule has 0 saturated carbocycles. The molecule has 1 amide bonds. The topological polar surface area (TPSA) is 68.3 Å². The van der Waals surface area contributed by atoms with Crippen molar-refractivity contribution in [3.05, 3.63) is 95.8 Å². The molecule has 3 rings (SSSR count). The zero-order chi connectivity index (χ0) is 21.3. The number of ether oxygens (including phenoxy) is 1. The normalized spacial score (nSPS) is 11.2. The second kappa shape index (κ2) is 10.2. The Morgan fingerprint density at radius 2 is 1.63 bits per heavy atom. The van der Waals surface area contributed by atoms with E-state index in [-0.39, 0.29) is 17.3 Å². The fourth-order valence-electron chi connectivity index (χ4n) is 2.81. The van der Waals surface area contributed by atoms with Crippen LogP contribution in [0.4, 0.5) is 5.69 Å². The Balaban J connectivity index is 1.82. The summed E-state index contributed by atoms with van der Waals surface area (Å²) in [5.74, 6) is -0.475. The van der Waals surface area contributed by atoms with Gasteiger partial charge in [-0.25, -0.2) is 0 Å². The molecule has 0 bridgehead atoms. The molecule has 0 aliphatic rings. The van der Waals surface area contributed by atoms with Gasteiger partial charge in [-0.3, -0.25) is 14.6 Å². The highest BCUT2D eigenvalue weighted by molar-refractivity contribution is 6.26. The molecule has 2 aromatic carbocycles. The first-order valence-corrected chi connectivity index (χ1v) is 9.77. The summed E-state index contributed by atoms with van der Waals surface area (Å²) in [6.07, 6.45) is 4.83. The van der Waals surface area contributed by atoms with E-state index >= 15 is 0 Å². The molecule has 5 nitrogen and oxygen atoms in total. The minimum atomic E-state index is -0.471. The van der Waals surface area contributed by atoms with Crippen molar-refractivity contribution in [2.75, 3.05) is 5.32 Å². The predicted octanol–water partition coefficient (Wildman–Crippen LogP) is 4.91. The number of benzene rings is 2. The lowest BCUT2D eigenvalue weighted by Gasteiger charge is -2.14. The second-order valence-corrected chi connectivity index (χ2v) is 7.08. The Kier molecular flexibility index (Phi) is 7.11. The van der Waals surface area contributed by atoms with Crippen LogP contribution < -0.4 is 10.1 Å². The van der Waals surface area contributed by atoms with Gasteiger partial charge < -0.3 is 10.1 Å². The molecule has 0 unspecified atom stereocenters. The molecule has 1 heterocycles. The van der Waals surface area contributed by atoms with Gasteiger partial charge in [0.2, 0.25) is 0 Å². The molecule has 5 heteroatoms. The van der Waals surface area contributed by atoms with Crippen LogP contribution >= 0.6 is 0 Å². The van der Waals surface area contributed by atoms with E-state index in [9.17, 15) is 9.59 Å². The fraction of sp³-hybridized carbons (Fsp3) is 0.160. The Morgan fingerprint density at radius 3 is 2.33 bits per heavy atom. The molecule has 0 fully saturated rings. The van der Waals surface area contributed by atoms with E-state index in [1.807, 2.05) is 42.5 Å². The standard InChI is InChI=1S/C25H24N2O3/c1-18(2)24(28)21(16-19-12-14-26-15-13-19)25(29)27-22-10-6-7-11-23(22)30-17-20-8-4-3-5-9-20/h3-16,18H,17H2,1-2H3,(H,27,29). The van der Waals surface area contributed by atoms with Gasteiger partial charge in [0.05, 0.1) is 11.3 Å². The number of amides is 1. The first kappa shape index (κ1) is 21.0. The minimum absolute atomic E-state index is 0.0917. The van der Waals surface area contributed by atoms with Crippen molar-refractivity contribution < 1.29 is 14.3 Å². The highest BCUT2D eigenvalue weighted by Crippen LogP contribution is 2.26. The van der Waals surface area contributed by atoms with Crippen LogP contribution in [0, 0.1) is 5.92 Å². The molecule has 3 aromatic rings. The van der Waals surface area contributed by atoms with Crippen molar-refractivity contribution in [3.63, 3.8) is 0 Å². The van der Waals surface area contributed by atoms with E-state index < -0.39 is 5.91 Å². The van der Waals surface area contributed by atoms with Gasteiger partial charge in [0.1, 0.15) is 12.4 Å². The molecular formula is C25H24N2O3. The maximum absolute atomic E-state index is 13.0. The van der Waals surface area contributed by atoms with Crippen LogP contribution in [-0.4, -0.2) is 16.7 Å². The SMILES string of the molecule is CC(C)C(=O)C(=Cc1ccncc1)C(=O)Nc1ccccc1OCc1ccccc1. The first-order chi connectivity index (χ1) is 14.5. The van der Waals surface area contributed by atoms with Crippen molar-refractivity contribution in [2.45, 2.75) is 20.5 Å². The van der Waals surface area contributed by atoms with E-state index in [4.69, 9.17) is 4.74 Å². The van der Waals surface area contributed by atoms with Crippen molar-refractivity contribution in [1.82, 2.24) is 4.98 Å². The number of rotatable bonds is 8. The third-order valence-electron chi connectivity index (χ3n) is 4.42. The molecule has 1 N–H and O–H groups in total. The minimum Gasteiger partial charge on any atom is -0.487 e. The van der Waals surface area contributed by atoms with Crippen LogP contribution in [0.25, 0.3) is 6.08 Å². The van der Waals surface area contributed by atoms with E-state index in [1.165, 1.54) is 0 Å². The lowest BCUT2D eigenvalue weighted by Crippen LogP contribution is -2.23. The van der Waals surface area contributed by atoms with Gasteiger partial charge in [-0.15, -0.1) is 0 Å². The summed E-state index contributed by atoms with van der Waals surface area (Å²) in [6.45, 7) is 3.91. The average Bonchev–Trinajstić information content (AvgIpc) is 2.77. The van der Waals surface area contributed by atoms with Crippen LogP contribution in [0.3, 0.4) is 0 Å². The third kappa shape index (κ3) is 5.64. The first-order valence-electron chi connectivity index (χ1n) is 9.77. The Morgan fingerprint density at radius 1 is 0.967 bits per heavy atom.